The minimum Gasteiger partial charge on any atom is -0.497 e. The van der Waals surface area contributed by atoms with Crippen molar-refractivity contribution in [3.05, 3.63) is 75.6 Å². The van der Waals surface area contributed by atoms with Gasteiger partial charge >= 0.3 is 6.18 Å². The van der Waals surface area contributed by atoms with Gasteiger partial charge in [0.15, 0.2) is 5.56 Å². The monoisotopic (exact) mass is 451 g/mol. The molecular weight excluding hydrogens is 434 g/mol. The predicted octanol–water partition coefficient (Wildman–Crippen LogP) is 4.96. The number of aromatic nitrogens is 1. The van der Waals surface area contributed by atoms with Crippen LogP contribution in [0.1, 0.15) is 16.7 Å². The highest BCUT2D eigenvalue weighted by Gasteiger charge is 2.36. The van der Waals surface area contributed by atoms with Crippen molar-refractivity contribution in [2.75, 3.05) is 25.2 Å². The molecule has 0 aliphatic carbocycles. The van der Waals surface area contributed by atoms with Gasteiger partial charge < -0.3 is 9.64 Å². The fraction of sp³-hybridized carbons (Fsp3) is 0.238. The van der Waals surface area contributed by atoms with Crippen molar-refractivity contribution >= 4 is 22.2 Å². The maximum absolute atomic E-state index is 13.5. The number of benzene rings is 2. The number of ether oxygens (including phenoxy) is 1. The highest BCUT2D eigenvalue weighted by atomic mass is 32.1. The van der Waals surface area contributed by atoms with Crippen LogP contribution >= 0.6 is 11.5 Å². The van der Waals surface area contributed by atoms with Gasteiger partial charge in [-0.15, -0.1) is 0 Å². The van der Waals surface area contributed by atoms with E-state index in [2.05, 4.69) is 0 Å². The lowest BCUT2D eigenvalue weighted by molar-refractivity contribution is -0.137. The van der Waals surface area contributed by atoms with Crippen LogP contribution in [0.5, 0.6) is 5.75 Å². The minimum atomic E-state index is -4.69. The maximum Gasteiger partial charge on any atom is 0.418 e. The van der Waals surface area contributed by atoms with E-state index < -0.39 is 30.5 Å². The quantitative estimate of drug-likeness (QED) is 0.476. The molecule has 3 rings (SSSR count). The van der Waals surface area contributed by atoms with Crippen LogP contribution < -0.4 is 15.2 Å². The summed E-state index contributed by atoms with van der Waals surface area (Å²) < 4.78 is 60.2. The van der Waals surface area contributed by atoms with E-state index >= 15 is 0 Å². The summed E-state index contributed by atoms with van der Waals surface area (Å²) in [4.78, 5) is 13.8. The van der Waals surface area contributed by atoms with Gasteiger partial charge in [0.25, 0.3) is 5.56 Å². The van der Waals surface area contributed by atoms with E-state index in [9.17, 15) is 27.6 Å². The van der Waals surface area contributed by atoms with Crippen LogP contribution in [0.4, 0.5) is 28.3 Å². The van der Waals surface area contributed by atoms with Crippen molar-refractivity contribution in [1.29, 1.82) is 5.26 Å². The number of alkyl halides is 4. The normalized spacial score (nSPS) is 11.2. The summed E-state index contributed by atoms with van der Waals surface area (Å²) in [7, 11) is 1.52. The second-order valence-electron chi connectivity index (χ2n) is 6.43. The van der Waals surface area contributed by atoms with Crippen LogP contribution in [0.25, 0.3) is 0 Å². The van der Waals surface area contributed by atoms with E-state index in [1.54, 1.807) is 30.3 Å². The molecule has 1 aromatic heterocycles. The van der Waals surface area contributed by atoms with Gasteiger partial charge in [0.05, 0.1) is 31.5 Å². The Labute approximate surface area is 179 Å². The summed E-state index contributed by atoms with van der Waals surface area (Å²) in [5.74, 6) is 0.624. The van der Waals surface area contributed by atoms with Gasteiger partial charge in [-0.3, -0.25) is 8.75 Å². The Kier molecular flexibility index (Phi) is 6.65. The van der Waals surface area contributed by atoms with E-state index in [1.807, 2.05) is 0 Å². The number of halogens is 4. The van der Waals surface area contributed by atoms with Crippen LogP contribution in [0.15, 0.2) is 53.3 Å². The second-order valence-corrected chi connectivity index (χ2v) is 7.44. The Balaban J connectivity index is 2.09. The maximum atomic E-state index is 13.5. The molecule has 3 aromatic rings. The molecule has 31 heavy (non-hydrogen) atoms. The van der Waals surface area contributed by atoms with E-state index in [1.165, 1.54) is 29.3 Å². The molecule has 0 bridgehead atoms. The lowest BCUT2D eigenvalue weighted by Gasteiger charge is -2.25. The van der Waals surface area contributed by atoms with Gasteiger partial charge in [0, 0.05) is 0 Å². The molecule has 0 fully saturated rings. The third-order valence-corrected chi connectivity index (χ3v) is 5.61. The lowest BCUT2D eigenvalue weighted by atomic mass is 10.1. The van der Waals surface area contributed by atoms with Crippen molar-refractivity contribution in [3.8, 4) is 11.8 Å². The van der Waals surface area contributed by atoms with Gasteiger partial charge in [-0.2, -0.15) is 18.4 Å². The van der Waals surface area contributed by atoms with Gasteiger partial charge in [0.2, 0.25) is 0 Å². The van der Waals surface area contributed by atoms with Crippen molar-refractivity contribution in [2.45, 2.75) is 12.7 Å². The third kappa shape index (κ3) is 4.72. The molecule has 162 valence electrons. The van der Waals surface area contributed by atoms with Crippen LogP contribution in [-0.4, -0.2) is 24.3 Å². The number of anilines is 2. The van der Waals surface area contributed by atoms with Gasteiger partial charge in [-0.05, 0) is 41.4 Å². The Morgan fingerprint density at radius 3 is 2.42 bits per heavy atom. The zero-order valence-corrected chi connectivity index (χ0v) is 17.1. The number of methoxy groups -OCH3 is 1. The molecule has 0 unspecified atom stereocenters. The standard InChI is InChI=1S/C21H17F4N3O2S/c1-30-15-8-6-14(7-9-15)13-28-19(29)16(12-26)20(31-28)27(11-10-22)18-5-3-2-4-17(18)21(23,24)25/h2-9H,10-11,13H2,1H3. The van der Waals surface area contributed by atoms with Crippen molar-refractivity contribution in [2.24, 2.45) is 0 Å². The van der Waals surface area contributed by atoms with Gasteiger partial charge in [-0.25, -0.2) is 4.39 Å². The number of hydrogen-bond donors (Lipinski definition) is 0. The van der Waals surface area contributed by atoms with Crippen molar-refractivity contribution < 1.29 is 22.3 Å². The first-order valence-electron chi connectivity index (χ1n) is 9.07. The second kappa shape index (κ2) is 9.22. The topological polar surface area (TPSA) is 58.3 Å². The van der Waals surface area contributed by atoms with E-state index in [-0.39, 0.29) is 22.8 Å². The zero-order chi connectivity index (χ0) is 22.6. The molecule has 0 aliphatic heterocycles. The molecule has 0 saturated heterocycles. The van der Waals surface area contributed by atoms with Crippen LogP contribution in [0.2, 0.25) is 0 Å². The number of para-hydroxylation sites is 1. The molecule has 5 nitrogen and oxygen atoms in total. The van der Waals surface area contributed by atoms with Crippen LogP contribution in [0, 0.1) is 11.3 Å². The Hall–Kier alpha value is -3.32. The van der Waals surface area contributed by atoms with Gasteiger partial charge in [0.1, 0.15) is 23.5 Å². The predicted molar refractivity (Wildman–Crippen MR) is 110 cm³/mol. The highest BCUT2D eigenvalue weighted by molar-refractivity contribution is 7.11. The molecule has 1 heterocycles. The van der Waals surface area contributed by atoms with Crippen molar-refractivity contribution in [3.63, 3.8) is 0 Å². The first kappa shape index (κ1) is 22.4. The largest absolute Gasteiger partial charge is 0.497 e. The first-order valence-corrected chi connectivity index (χ1v) is 9.84. The molecule has 0 saturated carbocycles. The molecule has 2 aromatic carbocycles. The molecule has 0 atom stereocenters. The van der Waals surface area contributed by atoms with E-state index in [4.69, 9.17) is 4.74 Å². The average Bonchev–Trinajstić information content (AvgIpc) is 3.06. The smallest absolute Gasteiger partial charge is 0.418 e. The molecule has 0 spiro atoms. The Morgan fingerprint density at radius 2 is 1.84 bits per heavy atom. The number of nitriles is 1. The average molecular weight is 451 g/mol. The molecule has 0 aliphatic rings. The SMILES string of the molecule is COc1ccc(Cn2sc(N(CCF)c3ccccc3C(F)(F)F)c(C#N)c2=O)cc1. The molecular formula is C21H17F4N3O2S. The summed E-state index contributed by atoms with van der Waals surface area (Å²) >= 11 is 0.820. The first-order chi connectivity index (χ1) is 14.8. The van der Waals surface area contributed by atoms with Crippen molar-refractivity contribution in [1.82, 2.24) is 3.96 Å². The van der Waals surface area contributed by atoms with Gasteiger partial charge in [-0.1, -0.05) is 24.3 Å². The molecule has 0 N–H and O–H groups in total. The molecule has 10 heteroatoms. The summed E-state index contributed by atoms with van der Waals surface area (Å²) in [5, 5.41) is 9.49. The Morgan fingerprint density at radius 1 is 1.16 bits per heavy atom. The van der Waals surface area contributed by atoms with E-state index in [0.717, 1.165) is 28.1 Å². The summed E-state index contributed by atoms with van der Waals surface area (Å²) in [5.41, 5.74) is -1.54. The van der Waals surface area contributed by atoms with Crippen LogP contribution in [-0.2, 0) is 12.7 Å². The Bertz CT molecular complexity index is 1150. The highest BCUT2D eigenvalue weighted by Crippen LogP contribution is 2.40. The minimum absolute atomic E-state index is 0.0321. The van der Waals surface area contributed by atoms with E-state index in [0.29, 0.717) is 5.75 Å². The summed E-state index contributed by atoms with van der Waals surface area (Å²) in [6, 6.07) is 13.3. The zero-order valence-electron chi connectivity index (χ0n) is 16.3. The fourth-order valence-corrected chi connectivity index (χ4v) is 4.16. The third-order valence-electron chi connectivity index (χ3n) is 4.50. The number of hydrogen-bond acceptors (Lipinski definition) is 5. The fourth-order valence-electron chi connectivity index (χ4n) is 3.05. The number of nitrogens with zero attached hydrogens (tertiary/aromatic N) is 3. The summed E-state index contributed by atoms with van der Waals surface area (Å²) in [6.45, 7) is -1.31. The molecule has 0 amide bonds. The van der Waals surface area contributed by atoms with Crippen LogP contribution in [0.3, 0.4) is 0 Å². The molecule has 0 radical (unpaired) electrons. The summed E-state index contributed by atoms with van der Waals surface area (Å²) in [6.07, 6.45) is -4.69. The lowest BCUT2D eigenvalue weighted by Crippen LogP contribution is -2.24. The number of rotatable bonds is 7.